The number of rotatable bonds is 4. The summed E-state index contributed by atoms with van der Waals surface area (Å²) in [4.78, 5) is 27.0. The Hall–Kier alpha value is -3.03. The molecule has 0 saturated carbocycles. The van der Waals surface area contributed by atoms with Crippen LogP contribution in [0.5, 0.6) is 0 Å². The first-order valence-corrected chi connectivity index (χ1v) is 11.8. The summed E-state index contributed by atoms with van der Waals surface area (Å²) in [5.74, 6) is 0.0403. The van der Waals surface area contributed by atoms with Crippen LogP contribution in [0.3, 0.4) is 0 Å². The first kappa shape index (κ1) is 22.2. The minimum atomic E-state index is -0.535. The van der Waals surface area contributed by atoms with Crippen LogP contribution in [0, 0.1) is 27.4 Å². The first-order valence-electron chi connectivity index (χ1n) is 10.6. The van der Waals surface area contributed by atoms with E-state index in [1.807, 2.05) is 4.90 Å². The van der Waals surface area contributed by atoms with E-state index in [-0.39, 0.29) is 16.4 Å². The number of fused-ring (bicyclic) bond motifs is 1. The SMILES string of the molecule is C[C@@H]1CCc2c(sc(NC(=S)NC(=O)c3ccc(N4CCCC4)c([N+](=O)[O-])c3)c2C#N)C1. The molecule has 32 heavy (non-hydrogen) atoms. The van der Waals surface area contributed by atoms with Gasteiger partial charge in [-0.3, -0.25) is 20.2 Å². The topological polar surface area (TPSA) is 111 Å². The normalized spacial score (nSPS) is 17.4. The average molecular weight is 470 g/mol. The van der Waals surface area contributed by atoms with Crippen molar-refractivity contribution in [3.05, 3.63) is 49.9 Å². The molecule has 0 radical (unpaired) electrons. The van der Waals surface area contributed by atoms with Gasteiger partial charge < -0.3 is 10.2 Å². The number of benzene rings is 1. The van der Waals surface area contributed by atoms with Crippen molar-refractivity contribution in [2.24, 2.45) is 5.92 Å². The minimum absolute atomic E-state index is 0.0596. The van der Waals surface area contributed by atoms with Crippen molar-refractivity contribution >= 4 is 51.0 Å². The number of nitro groups is 1. The lowest BCUT2D eigenvalue weighted by atomic mass is 9.89. The van der Waals surface area contributed by atoms with Gasteiger partial charge in [0, 0.05) is 29.6 Å². The zero-order valence-corrected chi connectivity index (χ0v) is 19.3. The predicted octanol–water partition coefficient (Wildman–Crippen LogP) is 4.38. The summed E-state index contributed by atoms with van der Waals surface area (Å²) in [6.45, 7) is 3.73. The molecule has 0 unspecified atom stereocenters. The van der Waals surface area contributed by atoms with Crippen molar-refractivity contribution in [2.75, 3.05) is 23.3 Å². The number of nitrogens with zero attached hydrogens (tertiary/aromatic N) is 3. The maximum atomic E-state index is 12.7. The van der Waals surface area contributed by atoms with Crippen molar-refractivity contribution in [1.82, 2.24) is 5.32 Å². The molecule has 8 nitrogen and oxygen atoms in total. The number of nitrogens with one attached hydrogen (secondary N) is 2. The summed E-state index contributed by atoms with van der Waals surface area (Å²) in [5.41, 5.74) is 2.25. The van der Waals surface area contributed by atoms with Crippen molar-refractivity contribution in [1.29, 1.82) is 5.26 Å². The maximum Gasteiger partial charge on any atom is 0.293 e. The second-order valence-corrected chi connectivity index (χ2v) is 9.74. The smallest absolute Gasteiger partial charge is 0.293 e. The van der Waals surface area contributed by atoms with E-state index in [9.17, 15) is 20.2 Å². The van der Waals surface area contributed by atoms with E-state index in [1.54, 1.807) is 12.1 Å². The molecule has 0 bridgehead atoms. The monoisotopic (exact) mass is 469 g/mol. The number of amides is 1. The van der Waals surface area contributed by atoms with Gasteiger partial charge in [-0.1, -0.05) is 6.92 Å². The third-order valence-electron chi connectivity index (χ3n) is 5.96. The number of hydrogen-bond donors (Lipinski definition) is 2. The molecule has 1 saturated heterocycles. The van der Waals surface area contributed by atoms with Crippen LogP contribution in [0.2, 0.25) is 0 Å². The fourth-order valence-electron chi connectivity index (χ4n) is 4.30. The van der Waals surface area contributed by atoms with Gasteiger partial charge in [0.05, 0.1) is 10.5 Å². The van der Waals surface area contributed by atoms with E-state index in [4.69, 9.17) is 12.2 Å². The summed E-state index contributed by atoms with van der Waals surface area (Å²) >= 11 is 6.79. The second kappa shape index (κ2) is 9.22. The van der Waals surface area contributed by atoms with Crippen LogP contribution < -0.4 is 15.5 Å². The molecular formula is C22H23N5O3S2. The highest BCUT2D eigenvalue weighted by Gasteiger charge is 2.26. The summed E-state index contributed by atoms with van der Waals surface area (Å²) in [6.07, 6.45) is 4.83. The van der Waals surface area contributed by atoms with Gasteiger partial charge in [-0.2, -0.15) is 5.26 Å². The molecule has 1 aliphatic carbocycles. The lowest BCUT2D eigenvalue weighted by molar-refractivity contribution is -0.384. The Morgan fingerprint density at radius 3 is 2.81 bits per heavy atom. The third-order valence-corrected chi connectivity index (χ3v) is 7.33. The van der Waals surface area contributed by atoms with Crippen LogP contribution in [-0.4, -0.2) is 29.0 Å². The fraction of sp³-hybridized carbons (Fsp3) is 0.409. The van der Waals surface area contributed by atoms with E-state index < -0.39 is 10.8 Å². The molecule has 2 aromatic rings. The summed E-state index contributed by atoms with van der Waals surface area (Å²) in [5, 5.41) is 27.5. The average Bonchev–Trinajstić information content (AvgIpc) is 3.40. The second-order valence-electron chi connectivity index (χ2n) is 8.23. The van der Waals surface area contributed by atoms with Crippen LogP contribution in [0.25, 0.3) is 0 Å². The Morgan fingerprint density at radius 2 is 2.12 bits per heavy atom. The van der Waals surface area contributed by atoms with E-state index in [2.05, 4.69) is 23.6 Å². The van der Waals surface area contributed by atoms with Crippen molar-refractivity contribution < 1.29 is 9.72 Å². The molecule has 4 rings (SSSR count). The van der Waals surface area contributed by atoms with Gasteiger partial charge in [-0.15, -0.1) is 11.3 Å². The number of carbonyl (C=O) groups excluding carboxylic acids is 1. The summed E-state index contributed by atoms with van der Waals surface area (Å²) < 4.78 is 0. The molecule has 1 aliphatic heterocycles. The molecule has 1 aromatic carbocycles. The van der Waals surface area contributed by atoms with Crippen molar-refractivity contribution in [2.45, 2.75) is 39.0 Å². The highest BCUT2D eigenvalue weighted by atomic mass is 32.1. The van der Waals surface area contributed by atoms with Crippen molar-refractivity contribution in [3.63, 3.8) is 0 Å². The Labute approximate surface area is 195 Å². The molecular weight excluding hydrogens is 446 g/mol. The van der Waals surface area contributed by atoms with E-state index in [0.29, 0.717) is 22.2 Å². The Bertz CT molecular complexity index is 1130. The molecule has 2 aliphatic rings. The molecule has 1 fully saturated rings. The number of thiocarbonyl (C=S) groups is 1. The zero-order valence-electron chi connectivity index (χ0n) is 17.6. The lowest BCUT2D eigenvalue weighted by Gasteiger charge is -2.18. The largest absolute Gasteiger partial charge is 0.366 e. The van der Waals surface area contributed by atoms with Gasteiger partial charge in [-0.25, -0.2) is 0 Å². The first-order chi connectivity index (χ1) is 15.4. The molecule has 2 N–H and O–H groups in total. The molecule has 1 atom stereocenters. The highest BCUT2D eigenvalue weighted by Crippen LogP contribution is 2.39. The van der Waals surface area contributed by atoms with Gasteiger partial charge in [0.1, 0.15) is 16.8 Å². The number of nitriles is 1. The van der Waals surface area contributed by atoms with Gasteiger partial charge >= 0.3 is 0 Å². The number of thiophene rings is 1. The van der Waals surface area contributed by atoms with Crippen molar-refractivity contribution in [3.8, 4) is 6.07 Å². The van der Waals surface area contributed by atoms with Gasteiger partial charge in [0.25, 0.3) is 11.6 Å². The van der Waals surface area contributed by atoms with Gasteiger partial charge in [0.15, 0.2) is 5.11 Å². The number of nitro benzene ring substituents is 1. The molecule has 0 spiro atoms. The number of carbonyl (C=O) groups is 1. The molecule has 1 aromatic heterocycles. The van der Waals surface area contributed by atoms with Gasteiger partial charge in [0.2, 0.25) is 0 Å². The van der Waals surface area contributed by atoms with E-state index >= 15 is 0 Å². The van der Waals surface area contributed by atoms with Crippen LogP contribution in [0.1, 0.15) is 52.5 Å². The number of hydrogen-bond acceptors (Lipinski definition) is 7. The molecule has 166 valence electrons. The Kier molecular flexibility index (Phi) is 6.39. The van der Waals surface area contributed by atoms with E-state index in [1.165, 1.54) is 22.3 Å². The van der Waals surface area contributed by atoms with Crippen LogP contribution in [0.4, 0.5) is 16.4 Å². The molecule has 10 heteroatoms. The summed E-state index contributed by atoms with van der Waals surface area (Å²) in [7, 11) is 0. The number of anilines is 2. The lowest BCUT2D eigenvalue weighted by Crippen LogP contribution is -2.34. The predicted molar refractivity (Wildman–Crippen MR) is 128 cm³/mol. The maximum absolute atomic E-state index is 12.7. The zero-order chi connectivity index (χ0) is 22.8. The highest BCUT2D eigenvalue weighted by molar-refractivity contribution is 7.80. The van der Waals surface area contributed by atoms with Gasteiger partial charge in [-0.05, 0) is 67.9 Å². The van der Waals surface area contributed by atoms with Crippen LogP contribution >= 0.6 is 23.6 Å². The minimum Gasteiger partial charge on any atom is -0.366 e. The fourth-order valence-corrected chi connectivity index (χ4v) is 5.93. The van der Waals surface area contributed by atoms with E-state index in [0.717, 1.165) is 50.8 Å². The molecule has 1 amide bonds. The Balaban J connectivity index is 1.49. The van der Waals surface area contributed by atoms with Crippen LogP contribution in [-0.2, 0) is 12.8 Å². The standard InChI is InChI=1S/C22H23N5O3S2/c1-13-4-6-15-16(12-23)21(32-19(15)10-13)25-22(31)24-20(28)14-5-7-17(18(11-14)27(29)30)26-8-2-3-9-26/h5,7,11,13H,2-4,6,8-10H2,1H3,(H2,24,25,28,31)/t13-/m1/s1. The third kappa shape index (κ3) is 4.45. The molecule has 2 heterocycles. The Morgan fingerprint density at radius 1 is 1.38 bits per heavy atom. The summed E-state index contributed by atoms with van der Waals surface area (Å²) in [6, 6.07) is 6.74. The quantitative estimate of drug-likeness (QED) is 0.388. The van der Waals surface area contributed by atoms with Crippen LogP contribution in [0.15, 0.2) is 18.2 Å².